The molecule has 2 atom stereocenters. The first kappa shape index (κ1) is 39.1. The van der Waals surface area contributed by atoms with Gasteiger partial charge in [0.15, 0.2) is 34.5 Å². The Morgan fingerprint density at radius 2 is 1.29 bits per heavy atom. The number of fused-ring (bicyclic) bond motifs is 2. The molecule has 15 heteroatoms. The van der Waals surface area contributed by atoms with Gasteiger partial charge in [0.2, 0.25) is 5.75 Å². The van der Waals surface area contributed by atoms with Gasteiger partial charge in [-0.15, -0.1) is 0 Å². The van der Waals surface area contributed by atoms with Crippen LogP contribution in [0.15, 0.2) is 78.9 Å². The van der Waals surface area contributed by atoms with E-state index in [4.69, 9.17) is 28.4 Å². The van der Waals surface area contributed by atoms with Crippen molar-refractivity contribution in [2.45, 2.75) is 37.8 Å². The van der Waals surface area contributed by atoms with E-state index in [1.807, 2.05) is 37.4 Å². The van der Waals surface area contributed by atoms with Crippen LogP contribution in [0.5, 0.6) is 46.0 Å². The van der Waals surface area contributed by atoms with Crippen molar-refractivity contribution in [3.05, 3.63) is 138 Å². The van der Waals surface area contributed by atoms with Gasteiger partial charge in [-0.05, 0) is 110 Å². The number of nitro benzene ring substituents is 2. The number of hydrogen-bond donors (Lipinski definition) is 0. The minimum absolute atomic E-state index is 0.0150. The van der Waals surface area contributed by atoms with Crippen LogP contribution in [0, 0.1) is 20.2 Å². The highest BCUT2D eigenvalue weighted by molar-refractivity contribution is 5.93. The van der Waals surface area contributed by atoms with Crippen LogP contribution in [0.25, 0.3) is 0 Å². The highest BCUT2D eigenvalue weighted by Gasteiger charge is 2.35. The van der Waals surface area contributed by atoms with Crippen LogP contribution in [-0.4, -0.2) is 74.1 Å². The average Bonchev–Trinajstić information content (AvgIpc) is 3.23. The molecule has 59 heavy (non-hydrogen) atoms. The minimum Gasteiger partial charge on any atom is -0.493 e. The number of non-ortho nitro benzene ring substituents is 2. The fourth-order valence-electron chi connectivity index (χ4n) is 8.27. The van der Waals surface area contributed by atoms with Crippen molar-refractivity contribution in [2.75, 3.05) is 48.5 Å². The number of benzene rings is 5. The van der Waals surface area contributed by atoms with Crippen molar-refractivity contribution in [3.8, 4) is 46.0 Å². The molecule has 5 aromatic carbocycles. The molecule has 4 aliphatic heterocycles. The topological polar surface area (TPSA) is 165 Å². The number of nitro groups is 2. The number of nitrogens with zero attached hydrogens (tertiary/aromatic N) is 4. The van der Waals surface area contributed by atoms with E-state index >= 15 is 0 Å². The number of hydrogen-bond acceptors (Lipinski definition) is 13. The maximum atomic E-state index is 13.5. The van der Waals surface area contributed by atoms with Crippen LogP contribution in [0.4, 0.5) is 11.4 Å². The monoisotopic (exact) mass is 802 g/mol. The molecule has 15 nitrogen and oxygen atoms in total. The van der Waals surface area contributed by atoms with Gasteiger partial charge in [0, 0.05) is 42.9 Å². The molecule has 6 bridgehead atoms. The molecule has 4 aliphatic rings. The molecule has 0 spiro atoms. The zero-order valence-corrected chi connectivity index (χ0v) is 33.2. The first-order chi connectivity index (χ1) is 28.4. The summed E-state index contributed by atoms with van der Waals surface area (Å²) in [5.41, 5.74) is 4.57. The Morgan fingerprint density at radius 1 is 0.678 bits per heavy atom. The lowest BCUT2D eigenvalue weighted by Gasteiger charge is -2.37. The number of carbonyl (C=O) groups is 1. The number of methoxy groups -OCH3 is 3. The molecule has 0 aliphatic carbocycles. The van der Waals surface area contributed by atoms with Crippen molar-refractivity contribution in [1.82, 2.24) is 9.80 Å². The van der Waals surface area contributed by atoms with E-state index in [1.165, 1.54) is 5.56 Å². The lowest BCUT2D eigenvalue weighted by Crippen LogP contribution is -2.34. The van der Waals surface area contributed by atoms with E-state index in [0.717, 1.165) is 71.9 Å². The van der Waals surface area contributed by atoms with Gasteiger partial charge in [-0.25, -0.2) is 4.79 Å². The van der Waals surface area contributed by atoms with Gasteiger partial charge < -0.3 is 28.4 Å². The summed E-state index contributed by atoms with van der Waals surface area (Å²) in [6.45, 7) is 1.60. The number of carbonyl (C=O) groups excluding carboxylic acids is 1. The van der Waals surface area contributed by atoms with Gasteiger partial charge in [-0.3, -0.25) is 30.0 Å². The number of ether oxygens (including phenoxy) is 6. The van der Waals surface area contributed by atoms with Crippen molar-refractivity contribution in [1.29, 1.82) is 0 Å². The zero-order valence-electron chi connectivity index (χ0n) is 33.2. The second-order valence-electron chi connectivity index (χ2n) is 14.9. The SMILES string of the molecule is COc1cc2c3cc1Oc1c(OC)c(OC)cc4c1[C@@H](Cc1ccc(OC(=O)c5cc([N+](=O)[O-])cc([N+](=O)[O-])c5)c(c1)Oc1ccc(cc1)C[C@@H]3N(C)CC2)N(C)CC4. The first-order valence-electron chi connectivity index (χ1n) is 19.1. The van der Waals surface area contributed by atoms with Crippen LogP contribution >= 0.6 is 0 Å². The molecule has 0 amide bonds. The van der Waals surface area contributed by atoms with E-state index in [2.05, 4.69) is 29.0 Å². The predicted octanol–water partition coefficient (Wildman–Crippen LogP) is 8.19. The van der Waals surface area contributed by atoms with Crippen LogP contribution in [0.1, 0.15) is 55.8 Å². The lowest BCUT2D eigenvalue weighted by atomic mass is 9.87. The van der Waals surface area contributed by atoms with Gasteiger partial charge in [0.1, 0.15) is 5.75 Å². The fourth-order valence-corrected chi connectivity index (χ4v) is 8.27. The molecule has 0 fully saturated rings. The Hall–Kier alpha value is -6.71. The van der Waals surface area contributed by atoms with E-state index in [1.54, 1.807) is 39.5 Å². The standard InChI is InChI=1S/C44H42N4O11/c1-45-14-12-27-21-37(54-3)39-24-33(27)34(45)16-25-6-9-32(10-7-25)57-38-18-26(8-11-36(38)59-44(49)29-19-30(47(50)51)23-31(20-29)48(52)53)17-35-41-28(13-15-46(35)2)22-40(55-4)42(56-5)43(41)58-39/h6-11,18-24,34-35H,12-17H2,1-5H3/t34-,35+/m0/s1. The molecule has 304 valence electrons. The Balaban J connectivity index is 1.28. The summed E-state index contributed by atoms with van der Waals surface area (Å²) in [5.74, 6) is 2.33. The van der Waals surface area contributed by atoms with E-state index in [-0.39, 0.29) is 29.1 Å². The molecule has 0 N–H and O–H groups in total. The van der Waals surface area contributed by atoms with Crippen molar-refractivity contribution in [2.24, 2.45) is 0 Å². The van der Waals surface area contributed by atoms with Gasteiger partial charge in [-0.2, -0.15) is 0 Å². The second-order valence-corrected chi connectivity index (χ2v) is 14.9. The summed E-state index contributed by atoms with van der Waals surface area (Å²) in [6.07, 6.45) is 2.72. The third kappa shape index (κ3) is 7.57. The Labute approximate surface area is 339 Å². The minimum atomic E-state index is -1.03. The molecule has 4 heterocycles. The van der Waals surface area contributed by atoms with Gasteiger partial charge in [0.25, 0.3) is 11.4 Å². The maximum absolute atomic E-state index is 13.5. The van der Waals surface area contributed by atoms with Crippen molar-refractivity contribution >= 4 is 17.3 Å². The van der Waals surface area contributed by atoms with Crippen molar-refractivity contribution < 1.29 is 43.1 Å². The van der Waals surface area contributed by atoms with Crippen LogP contribution in [0.3, 0.4) is 0 Å². The highest BCUT2D eigenvalue weighted by Crippen LogP contribution is 2.52. The maximum Gasteiger partial charge on any atom is 0.344 e. The molecule has 0 saturated carbocycles. The number of rotatable bonds is 7. The molecule has 9 rings (SSSR count). The van der Waals surface area contributed by atoms with Crippen LogP contribution in [-0.2, 0) is 25.7 Å². The second kappa shape index (κ2) is 15.9. The molecular formula is C44H42N4O11. The molecule has 0 unspecified atom stereocenters. The third-order valence-corrected chi connectivity index (χ3v) is 11.4. The average molecular weight is 803 g/mol. The van der Waals surface area contributed by atoms with Gasteiger partial charge in [-0.1, -0.05) is 18.2 Å². The molecular weight excluding hydrogens is 761 g/mol. The molecule has 5 aromatic rings. The molecule has 0 aromatic heterocycles. The summed E-state index contributed by atoms with van der Waals surface area (Å²) in [4.78, 5) is 39.7. The van der Waals surface area contributed by atoms with Crippen LogP contribution < -0.4 is 28.4 Å². The summed E-state index contributed by atoms with van der Waals surface area (Å²) in [7, 11) is 9.00. The summed E-state index contributed by atoms with van der Waals surface area (Å²) in [5, 5.41) is 23.2. The van der Waals surface area contributed by atoms with E-state index in [0.29, 0.717) is 47.3 Å². The van der Waals surface area contributed by atoms with Crippen LogP contribution in [0.2, 0.25) is 0 Å². The quantitative estimate of drug-likeness (QED) is 0.0670. The Morgan fingerprint density at radius 3 is 1.95 bits per heavy atom. The molecule has 0 radical (unpaired) electrons. The first-order valence-corrected chi connectivity index (χ1v) is 19.1. The third-order valence-electron chi connectivity index (χ3n) is 11.4. The van der Waals surface area contributed by atoms with Crippen molar-refractivity contribution in [3.63, 3.8) is 0 Å². The summed E-state index contributed by atoms with van der Waals surface area (Å²) < 4.78 is 37.1. The fraction of sp³-hybridized carbons (Fsp3) is 0.295. The normalized spacial score (nSPS) is 17.3. The van der Waals surface area contributed by atoms with E-state index < -0.39 is 27.2 Å². The number of esters is 1. The Kier molecular flexibility index (Phi) is 10.6. The summed E-state index contributed by atoms with van der Waals surface area (Å²) in [6, 6.07) is 21.5. The lowest BCUT2D eigenvalue weighted by molar-refractivity contribution is -0.394. The van der Waals surface area contributed by atoms with Gasteiger partial charge >= 0.3 is 5.97 Å². The van der Waals surface area contributed by atoms with Gasteiger partial charge in [0.05, 0.1) is 42.8 Å². The smallest absolute Gasteiger partial charge is 0.344 e. The predicted molar refractivity (Wildman–Crippen MR) is 216 cm³/mol. The Bertz CT molecular complexity index is 2460. The zero-order chi connectivity index (χ0) is 41.5. The highest BCUT2D eigenvalue weighted by atomic mass is 16.6. The largest absolute Gasteiger partial charge is 0.493 e. The molecule has 0 saturated heterocycles. The summed E-state index contributed by atoms with van der Waals surface area (Å²) >= 11 is 0. The number of likely N-dealkylation sites (N-methyl/N-ethyl adjacent to an activating group) is 2. The van der Waals surface area contributed by atoms with E-state index in [9.17, 15) is 25.0 Å².